The molecule has 120 valence electrons. The van der Waals surface area contributed by atoms with Gasteiger partial charge in [-0.3, -0.25) is 14.9 Å². The normalized spacial score (nSPS) is 21.0. The highest BCUT2D eigenvalue weighted by molar-refractivity contribution is 5.72. The number of esters is 1. The summed E-state index contributed by atoms with van der Waals surface area (Å²) in [5.41, 5.74) is -0.154. The van der Waals surface area contributed by atoms with Crippen LogP contribution in [0.2, 0.25) is 0 Å². The zero-order chi connectivity index (χ0) is 16.1. The van der Waals surface area contributed by atoms with E-state index in [4.69, 9.17) is 14.2 Å². The lowest BCUT2D eigenvalue weighted by Gasteiger charge is -2.27. The molecular formula is C14H18N2O6. The molecule has 0 N–H and O–H groups in total. The number of hydrogen-bond acceptors (Lipinski definition) is 7. The average Bonchev–Trinajstić information content (AvgIpc) is 2.55. The van der Waals surface area contributed by atoms with Crippen molar-refractivity contribution >= 4 is 11.7 Å². The summed E-state index contributed by atoms with van der Waals surface area (Å²) in [5, 5.41) is 10.7. The quantitative estimate of drug-likeness (QED) is 0.466. The average molecular weight is 310 g/mol. The lowest BCUT2D eigenvalue weighted by molar-refractivity contribution is -0.385. The van der Waals surface area contributed by atoms with E-state index in [0.717, 1.165) is 6.20 Å². The molecule has 1 aliphatic rings. The van der Waals surface area contributed by atoms with E-state index in [9.17, 15) is 14.9 Å². The Bertz CT molecular complexity index is 554. The van der Waals surface area contributed by atoms with Crippen molar-refractivity contribution in [2.75, 3.05) is 14.2 Å². The number of methoxy groups -OCH3 is 2. The molecule has 1 heterocycles. The summed E-state index contributed by atoms with van der Waals surface area (Å²) in [7, 11) is 2.79. The monoisotopic (exact) mass is 310 g/mol. The Morgan fingerprint density at radius 1 is 1.32 bits per heavy atom. The van der Waals surface area contributed by atoms with Crippen LogP contribution in [0, 0.1) is 16.0 Å². The van der Waals surface area contributed by atoms with Gasteiger partial charge in [-0.1, -0.05) is 0 Å². The number of hydrogen-bond donors (Lipinski definition) is 0. The van der Waals surface area contributed by atoms with Crippen LogP contribution in [0.5, 0.6) is 11.6 Å². The van der Waals surface area contributed by atoms with Crippen molar-refractivity contribution in [1.29, 1.82) is 0 Å². The lowest BCUT2D eigenvalue weighted by atomic mass is 9.87. The van der Waals surface area contributed by atoms with Gasteiger partial charge in [0.05, 0.1) is 31.1 Å². The van der Waals surface area contributed by atoms with Crippen molar-refractivity contribution < 1.29 is 23.9 Å². The SMILES string of the molecule is COC(=O)C1CCC(Oc2ncc([N+](=O)[O-])cc2OC)CC1. The first-order valence-corrected chi connectivity index (χ1v) is 6.98. The minimum absolute atomic E-state index is 0.0865. The molecule has 2 rings (SSSR count). The van der Waals surface area contributed by atoms with Crippen LogP contribution < -0.4 is 9.47 Å². The van der Waals surface area contributed by atoms with Crippen molar-refractivity contribution in [3.8, 4) is 11.6 Å². The summed E-state index contributed by atoms with van der Waals surface area (Å²) in [5.74, 6) is 0.181. The Morgan fingerprint density at radius 3 is 2.55 bits per heavy atom. The van der Waals surface area contributed by atoms with Crippen LogP contribution in [0.15, 0.2) is 12.3 Å². The third kappa shape index (κ3) is 3.63. The standard InChI is InChI=1S/C14H18N2O6/c1-20-12-7-10(16(18)19)8-15-13(12)22-11-5-3-9(4-6-11)14(17)21-2/h7-9,11H,3-6H2,1-2H3. The Morgan fingerprint density at radius 2 is 2.00 bits per heavy atom. The summed E-state index contributed by atoms with van der Waals surface area (Å²) in [6, 6.07) is 1.28. The predicted molar refractivity (Wildman–Crippen MR) is 75.8 cm³/mol. The van der Waals surface area contributed by atoms with Crippen molar-refractivity contribution in [2.45, 2.75) is 31.8 Å². The van der Waals surface area contributed by atoms with Gasteiger partial charge in [-0.05, 0) is 25.7 Å². The van der Waals surface area contributed by atoms with E-state index in [1.165, 1.54) is 20.3 Å². The summed E-state index contributed by atoms with van der Waals surface area (Å²) >= 11 is 0. The number of carbonyl (C=O) groups excluding carboxylic acids is 1. The zero-order valence-corrected chi connectivity index (χ0v) is 12.5. The maximum absolute atomic E-state index is 11.5. The van der Waals surface area contributed by atoms with Gasteiger partial charge in [0, 0.05) is 0 Å². The first kappa shape index (κ1) is 16.0. The van der Waals surface area contributed by atoms with Gasteiger partial charge in [0.25, 0.3) is 11.6 Å². The fraction of sp³-hybridized carbons (Fsp3) is 0.571. The molecule has 0 unspecified atom stereocenters. The smallest absolute Gasteiger partial charge is 0.308 e. The molecule has 1 aromatic heterocycles. The highest BCUT2D eigenvalue weighted by Gasteiger charge is 2.29. The molecule has 0 amide bonds. The number of aromatic nitrogens is 1. The highest BCUT2D eigenvalue weighted by atomic mass is 16.6. The summed E-state index contributed by atoms with van der Waals surface area (Å²) in [4.78, 5) is 25.6. The van der Waals surface area contributed by atoms with Crippen molar-refractivity contribution in [3.63, 3.8) is 0 Å². The first-order valence-electron chi connectivity index (χ1n) is 6.98. The second-order valence-electron chi connectivity index (χ2n) is 5.07. The topological polar surface area (TPSA) is 101 Å². The van der Waals surface area contributed by atoms with E-state index in [1.807, 2.05) is 0 Å². The highest BCUT2D eigenvalue weighted by Crippen LogP contribution is 2.33. The third-order valence-corrected chi connectivity index (χ3v) is 3.72. The van der Waals surface area contributed by atoms with Crippen molar-refractivity contribution in [1.82, 2.24) is 4.98 Å². The van der Waals surface area contributed by atoms with Crippen molar-refractivity contribution in [2.24, 2.45) is 5.92 Å². The van der Waals surface area contributed by atoms with Gasteiger partial charge in [0.15, 0.2) is 5.75 Å². The number of rotatable bonds is 5. The van der Waals surface area contributed by atoms with Gasteiger partial charge in [-0.25, -0.2) is 4.98 Å². The number of pyridine rings is 1. The molecular weight excluding hydrogens is 292 g/mol. The van der Waals surface area contributed by atoms with E-state index < -0.39 is 4.92 Å². The molecule has 1 fully saturated rings. The second kappa shape index (κ2) is 7.06. The van der Waals surface area contributed by atoms with Crippen LogP contribution in [0.25, 0.3) is 0 Å². The lowest BCUT2D eigenvalue weighted by Crippen LogP contribution is -2.28. The van der Waals surface area contributed by atoms with Gasteiger partial charge >= 0.3 is 5.97 Å². The number of nitro groups is 1. The van der Waals surface area contributed by atoms with E-state index >= 15 is 0 Å². The molecule has 0 saturated heterocycles. The zero-order valence-electron chi connectivity index (χ0n) is 12.5. The maximum Gasteiger partial charge on any atom is 0.308 e. The number of nitrogens with zero attached hydrogens (tertiary/aromatic N) is 2. The Labute approximate surface area is 127 Å². The minimum atomic E-state index is -0.541. The van der Waals surface area contributed by atoms with E-state index in [2.05, 4.69) is 4.98 Å². The molecule has 1 saturated carbocycles. The Kier molecular flexibility index (Phi) is 5.13. The van der Waals surface area contributed by atoms with Crippen LogP contribution >= 0.6 is 0 Å². The second-order valence-corrected chi connectivity index (χ2v) is 5.07. The van der Waals surface area contributed by atoms with Gasteiger partial charge < -0.3 is 14.2 Å². The Balaban J connectivity index is 2.00. The largest absolute Gasteiger partial charge is 0.491 e. The van der Waals surface area contributed by atoms with E-state index in [0.29, 0.717) is 25.7 Å². The van der Waals surface area contributed by atoms with Crippen LogP contribution in [0.4, 0.5) is 5.69 Å². The molecule has 0 aliphatic heterocycles. The summed E-state index contributed by atoms with van der Waals surface area (Å²) in [6.07, 6.45) is 3.81. The first-order chi connectivity index (χ1) is 10.5. The molecule has 0 spiro atoms. The fourth-order valence-electron chi connectivity index (χ4n) is 2.50. The molecule has 1 aliphatic carbocycles. The molecule has 22 heavy (non-hydrogen) atoms. The van der Waals surface area contributed by atoms with Crippen molar-refractivity contribution in [3.05, 3.63) is 22.4 Å². The molecule has 0 radical (unpaired) electrons. The van der Waals surface area contributed by atoms with Gasteiger partial charge in [-0.2, -0.15) is 0 Å². The van der Waals surface area contributed by atoms with Crippen LogP contribution in [-0.4, -0.2) is 36.2 Å². The minimum Gasteiger partial charge on any atom is -0.491 e. The van der Waals surface area contributed by atoms with Crippen LogP contribution in [-0.2, 0) is 9.53 Å². The van der Waals surface area contributed by atoms with Crippen LogP contribution in [0.3, 0.4) is 0 Å². The van der Waals surface area contributed by atoms with E-state index in [-0.39, 0.29) is 35.3 Å². The molecule has 8 nitrogen and oxygen atoms in total. The van der Waals surface area contributed by atoms with E-state index in [1.54, 1.807) is 0 Å². The third-order valence-electron chi connectivity index (χ3n) is 3.72. The van der Waals surface area contributed by atoms with Gasteiger partial charge in [-0.15, -0.1) is 0 Å². The molecule has 0 bridgehead atoms. The van der Waals surface area contributed by atoms with Gasteiger partial charge in [0.1, 0.15) is 12.3 Å². The summed E-state index contributed by atoms with van der Waals surface area (Å²) in [6.45, 7) is 0. The van der Waals surface area contributed by atoms with Gasteiger partial charge in [0.2, 0.25) is 0 Å². The molecule has 1 aromatic rings. The number of ether oxygens (including phenoxy) is 3. The number of carbonyl (C=O) groups is 1. The predicted octanol–water partition coefficient (Wildman–Crippen LogP) is 2.11. The maximum atomic E-state index is 11.5. The Hall–Kier alpha value is -2.38. The fourth-order valence-corrected chi connectivity index (χ4v) is 2.50. The molecule has 0 aromatic carbocycles. The molecule has 0 atom stereocenters. The molecule has 8 heteroatoms. The summed E-state index contributed by atoms with van der Waals surface area (Å²) < 4.78 is 15.6. The van der Waals surface area contributed by atoms with Crippen LogP contribution in [0.1, 0.15) is 25.7 Å².